The summed E-state index contributed by atoms with van der Waals surface area (Å²) in [7, 11) is 0. The Morgan fingerprint density at radius 2 is 0.662 bits per heavy atom. The quantitative estimate of drug-likeness (QED) is 0.0345. The molecule has 0 saturated heterocycles. The molecule has 0 aromatic rings. The van der Waals surface area contributed by atoms with E-state index in [1.165, 1.54) is 70.6 Å². The fraction of sp³-hybridized carbons (Fsp3) is 0.651. The molecule has 1 unspecified atom stereocenters. The van der Waals surface area contributed by atoms with Crippen LogP contribution in [0.5, 0.6) is 0 Å². The molecule has 5 heteroatoms. The van der Waals surface area contributed by atoms with Crippen molar-refractivity contribution in [3.05, 3.63) is 122 Å². The van der Waals surface area contributed by atoms with Crippen LogP contribution in [0.3, 0.4) is 0 Å². The van der Waals surface area contributed by atoms with Crippen LogP contribution in [0, 0.1) is 0 Å². The van der Waals surface area contributed by atoms with E-state index < -0.39 is 6.10 Å². The van der Waals surface area contributed by atoms with Gasteiger partial charge in [0.2, 0.25) is 0 Å². The summed E-state index contributed by atoms with van der Waals surface area (Å²) in [5, 5.41) is 0. The molecule has 0 aromatic carbocycles. The van der Waals surface area contributed by atoms with E-state index in [9.17, 15) is 9.59 Å². The number of hydrogen-bond acceptors (Lipinski definition) is 5. The number of allylic oxidation sites excluding steroid dienone is 20. The monoisotopic (exact) mass is 941 g/mol. The van der Waals surface area contributed by atoms with Gasteiger partial charge in [-0.2, -0.15) is 0 Å². The zero-order chi connectivity index (χ0) is 49.2. The van der Waals surface area contributed by atoms with Gasteiger partial charge in [0.15, 0.2) is 6.10 Å². The van der Waals surface area contributed by atoms with E-state index >= 15 is 0 Å². The number of esters is 2. The topological polar surface area (TPSA) is 61.8 Å². The summed E-state index contributed by atoms with van der Waals surface area (Å²) in [6.07, 6.45) is 80.7. The second-order valence-corrected chi connectivity index (χ2v) is 18.1. The lowest BCUT2D eigenvalue weighted by molar-refractivity contribution is -0.163. The van der Waals surface area contributed by atoms with Gasteiger partial charge in [0.1, 0.15) is 6.61 Å². The van der Waals surface area contributed by atoms with Crippen LogP contribution < -0.4 is 0 Å². The predicted molar refractivity (Wildman–Crippen MR) is 297 cm³/mol. The van der Waals surface area contributed by atoms with Crippen LogP contribution in [0.25, 0.3) is 0 Å². The van der Waals surface area contributed by atoms with Gasteiger partial charge in [0.05, 0.1) is 6.61 Å². The van der Waals surface area contributed by atoms with Crippen molar-refractivity contribution in [2.45, 2.75) is 245 Å². The van der Waals surface area contributed by atoms with Crippen LogP contribution in [0.15, 0.2) is 122 Å². The van der Waals surface area contributed by atoms with E-state index in [0.29, 0.717) is 19.4 Å². The zero-order valence-corrected chi connectivity index (χ0v) is 44.3. The Morgan fingerprint density at radius 1 is 0.338 bits per heavy atom. The highest BCUT2D eigenvalue weighted by molar-refractivity contribution is 5.70. The maximum absolute atomic E-state index is 12.9. The number of ether oxygens (including phenoxy) is 3. The van der Waals surface area contributed by atoms with Crippen molar-refractivity contribution in [1.82, 2.24) is 0 Å². The highest BCUT2D eigenvalue weighted by atomic mass is 16.6. The van der Waals surface area contributed by atoms with Crippen LogP contribution in [-0.2, 0) is 23.8 Å². The van der Waals surface area contributed by atoms with Crippen LogP contribution in [0.4, 0.5) is 0 Å². The molecule has 0 spiro atoms. The van der Waals surface area contributed by atoms with E-state index in [-0.39, 0.29) is 25.2 Å². The standard InChI is InChI=1S/C63H104O5/c1-4-7-10-13-16-19-22-25-28-31-32-34-35-38-41-44-47-50-53-56-62(64)67-60-61(59-66-58-55-52-49-46-43-40-37-30-27-24-21-18-15-12-9-6-3)68-63(65)57-54-51-48-45-42-39-36-33-29-26-23-20-17-14-11-8-5-2/h8-9,11-12,16-21,25-30,32,34,40,43,61H,4-7,10,13-15,22-24,31,33,35-39,41-42,44-60H2,1-3H3/b11-8-,12-9-,19-16-,20-17-,21-18-,28-25-,29-26-,30-27-,34-32-,43-40-. The second-order valence-electron chi connectivity index (χ2n) is 18.1. The largest absolute Gasteiger partial charge is 0.462 e. The normalized spacial score (nSPS) is 13.2. The molecule has 0 heterocycles. The average Bonchev–Trinajstić information content (AvgIpc) is 3.34. The molecule has 5 nitrogen and oxygen atoms in total. The SMILES string of the molecule is CC/C=C\C/C=C\C/C=C\C/C=C\CCCCCOCC(COC(=O)CCCCCCCC/C=C\C/C=C\C/C=C\CCCCC)OC(=O)CCCCCCCCC/C=C\C/C=C\C/C=C\CC. The Kier molecular flexibility index (Phi) is 54.5. The van der Waals surface area contributed by atoms with Gasteiger partial charge >= 0.3 is 11.9 Å². The Labute approximate surface area is 420 Å². The predicted octanol–water partition coefficient (Wildman–Crippen LogP) is 19.3. The fourth-order valence-electron chi connectivity index (χ4n) is 7.34. The van der Waals surface area contributed by atoms with Crippen LogP contribution in [0.2, 0.25) is 0 Å². The molecule has 0 amide bonds. The van der Waals surface area contributed by atoms with Crippen LogP contribution >= 0.6 is 0 Å². The molecule has 386 valence electrons. The summed E-state index contributed by atoms with van der Waals surface area (Å²) in [6, 6.07) is 0. The number of carbonyl (C=O) groups is 2. The summed E-state index contributed by atoms with van der Waals surface area (Å²) in [4.78, 5) is 25.5. The third kappa shape index (κ3) is 54.9. The van der Waals surface area contributed by atoms with E-state index in [4.69, 9.17) is 14.2 Å². The molecule has 0 aliphatic rings. The Balaban J connectivity index is 4.39. The molecule has 0 aliphatic carbocycles. The summed E-state index contributed by atoms with van der Waals surface area (Å²) in [6.45, 7) is 7.48. The fourth-order valence-corrected chi connectivity index (χ4v) is 7.34. The molecule has 0 N–H and O–H groups in total. The minimum atomic E-state index is -0.573. The first-order valence-electron chi connectivity index (χ1n) is 28.1. The maximum Gasteiger partial charge on any atom is 0.306 e. The lowest BCUT2D eigenvalue weighted by Gasteiger charge is -2.18. The van der Waals surface area contributed by atoms with Crippen molar-refractivity contribution in [3.8, 4) is 0 Å². The van der Waals surface area contributed by atoms with Crippen LogP contribution in [-0.4, -0.2) is 37.9 Å². The second kappa shape index (κ2) is 57.6. The van der Waals surface area contributed by atoms with Crippen molar-refractivity contribution in [2.24, 2.45) is 0 Å². The molecule has 0 rings (SSSR count). The van der Waals surface area contributed by atoms with E-state index in [0.717, 1.165) is 135 Å². The molecule has 0 aliphatic heterocycles. The van der Waals surface area contributed by atoms with Gasteiger partial charge in [-0.05, 0) is 128 Å². The van der Waals surface area contributed by atoms with Gasteiger partial charge in [-0.15, -0.1) is 0 Å². The molecule has 0 radical (unpaired) electrons. The lowest BCUT2D eigenvalue weighted by atomic mass is 10.1. The average molecular weight is 942 g/mol. The summed E-state index contributed by atoms with van der Waals surface area (Å²) in [5.74, 6) is -0.446. The van der Waals surface area contributed by atoms with Gasteiger partial charge in [0.25, 0.3) is 0 Å². The zero-order valence-electron chi connectivity index (χ0n) is 44.3. The minimum Gasteiger partial charge on any atom is -0.462 e. The van der Waals surface area contributed by atoms with Crippen LogP contribution in [0.1, 0.15) is 239 Å². The third-order valence-corrected chi connectivity index (χ3v) is 11.5. The smallest absolute Gasteiger partial charge is 0.306 e. The first-order valence-corrected chi connectivity index (χ1v) is 28.1. The van der Waals surface area contributed by atoms with Crippen molar-refractivity contribution >= 4 is 11.9 Å². The summed E-state index contributed by atoms with van der Waals surface area (Å²) >= 11 is 0. The molecule has 68 heavy (non-hydrogen) atoms. The molecule has 0 saturated carbocycles. The van der Waals surface area contributed by atoms with E-state index in [1.54, 1.807) is 0 Å². The minimum absolute atomic E-state index is 0.0540. The molecular formula is C63H104O5. The van der Waals surface area contributed by atoms with Gasteiger partial charge in [0, 0.05) is 19.4 Å². The molecule has 0 aromatic heterocycles. The number of hydrogen-bond donors (Lipinski definition) is 0. The Hall–Kier alpha value is -3.70. The van der Waals surface area contributed by atoms with Crippen molar-refractivity contribution in [1.29, 1.82) is 0 Å². The third-order valence-electron chi connectivity index (χ3n) is 11.5. The highest BCUT2D eigenvalue weighted by Crippen LogP contribution is 2.13. The van der Waals surface area contributed by atoms with Gasteiger partial charge in [-0.1, -0.05) is 219 Å². The Morgan fingerprint density at radius 3 is 1.06 bits per heavy atom. The lowest BCUT2D eigenvalue weighted by Crippen LogP contribution is -2.30. The summed E-state index contributed by atoms with van der Waals surface area (Å²) < 4.78 is 17.4. The van der Waals surface area contributed by atoms with Crippen molar-refractivity contribution in [3.63, 3.8) is 0 Å². The van der Waals surface area contributed by atoms with E-state index in [2.05, 4.69) is 142 Å². The number of carbonyl (C=O) groups excluding carboxylic acids is 2. The summed E-state index contributed by atoms with van der Waals surface area (Å²) in [5.41, 5.74) is 0. The van der Waals surface area contributed by atoms with Gasteiger partial charge < -0.3 is 14.2 Å². The molecular weight excluding hydrogens is 837 g/mol. The Bertz CT molecular complexity index is 1390. The molecule has 0 bridgehead atoms. The number of rotatable bonds is 50. The molecule has 0 fully saturated rings. The van der Waals surface area contributed by atoms with Gasteiger partial charge in [-0.3, -0.25) is 9.59 Å². The van der Waals surface area contributed by atoms with Crippen molar-refractivity contribution < 1.29 is 23.8 Å². The maximum atomic E-state index is 12.9. The van der Waals surface area contributed by atoms with Crippen molar-refractivity contribution in [2.75, 3.05) is 19.8 Å². The van der Waals surface area contributed by atoms with Gasteiger partial charge in [-0.25, -0.2) is 0 Å². The highest BCUT2D eigenvalue weighted by Gasteiger charge is 2.17. The molecule has 1 atom stereocenters. The first-order chi connectivity index (χ1) is 33.6. The number of unbranched alkanes of at least 4 members (excludes halogenated alkanes) is 19. The van der Waals surface area contributed by atoms with E-state index in [1.807, 2.05) is 0 Å². The first kappa shape index (κ1) is 64.3.